The molecular formula is C24H33N5O3. The molecule has 4 rings (SSSR count). The number of carbonyl (C=O) groups is 1. The third-order valence-electron chi connectivity index (χ3n) is 6.62. The summed E-state index contributed by atoms with van der Waals surface area (Å²) in [6, 6.07) is 4.04. The Morgan fingerprint density at radius 1 is 1.31 bits per heavy atom. The van der Waals surface area contributed by atoms with Crippen LogP contribution in [-0.2, 0) is 13.6 Å². The molecule has 3 heterocycles. The Morgan fingerprint density at radius 2 is 2.06 bits per heavy atom. The fourth-order valence-corrected chi connectivity index (χ4v) is 4.66. The number of fused-ring (bicyclic) bond motifs is 1. The van der Waals surface area contributed by atoms with E-state index in [1.165, 1.54) is 12.6 Å². The van der Waals surface area contributed by atoms with Crippen LogP contribution >= 0.6 is 0 Å². The number of hydrogen-bond acceptors (Lipinski definition) is 5. The van der Waals surface area contributed by atoms with E-state index in [1.54, 1.807) is 11.6 Å². The molecule has 1 N–H and O–H groups in total. The molecule has 0 saturated heterocycles. The van der Waals surface area contributed by atoms with Gasteiger partial charge in [-0.15, -0.1) is 0 Å². The summed E-state index contributed by atoms with van der Waals surface area (Å²) in [6.07, 6.45) is 5.42. The number of aryl methyl sites for hydroxylation is 1. The van der Waals surface area contributed by atoms with Gasteiger partial charge in [-0.3, -0.25) is 13.9 Å². The lowest BCUT2D eigenvalue weighted by Gasteiger charge is -2.42. The lowest BCUT2D eigenvalue weighted by atomic mass is 9.68. The monoisotopic (exact) mass is 439 g/mol. The van der Waals surface area contributed by atoms with Crippen LogP contribution < -0.4 is 11.0 Å². The quantitative estimate of drug-likeness (QED) is 0.666. The first kappa shape index (κ1) is 22.3. The number of oxazole rings is 1. The van der Waals surface area contributed by atoms with Gasteiger partial charge >= 0.3 is 5.69 Å². The molecule has 2 atom stereocenters. The predicted molar refractivity (Wildman–Crippen MR) is 123 cm³/mol. The van der Waals surface area contributed by atoms with Crippen LogP contribution in [0.4, 0.5) is 0 Å². The predicted octanol–water partition coefficient (Wildman–Crippen LogP) is 3.86. The molecule has 1 aliphatic carbocycles. The van der Waals surface area contributed by atoms with Crippen LogP contribution in [0.2, 0.25) is 0 Å². The molecule has 3 aromatic heterocycles. The average molecular weight is 440 g/mol. The van der Waals surface area contributed by atoms with Gasteiger partial charge in [0.25, 0.3) is 5.91 Å². The first-order valence-corrected chi connectivity index (χ1v) is 11.2. The van der Waals surface area contributed by atoms with Gasteiger partial charge in [-0.1, -0.05) is 34.6 Å². The van der Waals surface area contributed by atoms with Crippen molar-refractivity contribution in [2.24, 2.45) is 17.9 Å². The van der Waals surface area contributed by atoms with E-state index in [1.807, 2.05) is 16.7 Å². The first-order valence-electron chi connectivity index (χ1n) is 11.2. The van der Waals surface area contributed by atoms with Crippen LogP contribution in [0.25, 0.3) is 11.2 Å². The summed E-state index contributed by atoms with van der Waals surface area (Å²) in [4.78, 5) is 34.2. The second-order valence-corrected chi connectivity index (χ2v) is 10.9. The maximum absolute atomic E-state index is 12.8. The van der Waals surface area contributed by atoms with Crippen LogP contribution in [0.5, 0.6) is 0 Å². The fraction of sp³-hybridized carbons (Fsp3) is 0.583. The van der Waals surface area contributed by atoms with Gasteiger partial charge in [0.2, 0.25) is 5.76 Å². The van der Waals surface area contributed by atoms with Crippen molar-refractivity contribution in [2.75, 3.05) is 0 Å². The van der Waals surface area contributed by atoms with Crippen LogP contribution in [0.3, 0.4) is 0 Å². The summed E-state index contributed by atoms with van der Waals surface area (Å²) in [7, 11) is 1.78. The lowest BCUT2D eigenvalue weighted by molar-refractivity contribution is 0.0809. The molecule has 8 heteroatoms. The Balaban J connectivity index is 1.61. The zero-order chi connectivity index (χ0) is 23.3. The van der Waals surface area contributed by atoms with Gasteiger partial charge in [0.05, 0.1) is 11.7 Å². The highest BCUT2D eigenvalue weighted by atomic mass is 16.3. The Kier molecular flexibility index (Phi) is 5.51. The van der Waals surface area contributed by atoms with Crippen molar-refractivity contribution in [3.8, 4) is 0 Å². The molecule has 1 amide bonds. The summed E-state index contributed by atoms with van der Waals surface area (Å²) in [5.74, 6) is 0.178. The van der Waals surface area contributed by atoms with Gasteiger partial charge in [0.1, 0.15) is 0 Å². The van der Waals surface area contributed by atoms with Crippen molar-refractivity contribution in [2.45, 2.75) is 72.4 Å². The van der Waals surface area contributed by atoms with Crippen LogP contribution in [0.1, 0.15) is 76.0 Å². The summed E-state index contributed by atoms with van der Waals surface area (Å²) >= 11 is 0. The Hall–Kier alpha value is -2.90. The van der Waals surface area contributed by atoms with E-state index in [0.29, 0.717) is 12.2 Å². The smallest absolute Gasteiger partial charge is 0.330 e. The van der Waals surface area contributed by atoms with Gasteiger partial charge in [-0.2, -0.15) is 0 Å². The maximum atomic E-state index is 12.8. The van der Waals surface area contributed by atoms with Crippen molar-refractivity contribution in [3.63, 3.8) is 0 Å². The third-order valence-corrected chi connectivity index (χ3v) is 6.62. The van der Waals surface area contributed by atoms with Crippen LogP contribution in [0.15, 0.2) is 33.9 Å². The zero-order valence-corrected chi connectivity index (χ0v) is 19.8. The minimum Gasteiger partial charge on any atom is -0.438 e. The number of aromatic nitrogens is 4. The van der Waals surface area contributed by atoms with Gasteiger partial charge in [-0.25, -0.2) is 14.8 Å². The lowest BCUT2D eigenvalue weighted by Crippen LogP contribution is -2.48. The van der Waals surface area contributed by atoms with Crippen molar-refractivity contribution in [1.29, 1.82) is 0 Å². The molecule has 3 aromatic rings. The zero-order valence-electron chi connectivity index (χ0n) is 19.8. The van der Waals surface area contributed by atoms with E-state index >= 15 is 0 Å². The molecule has 0 bridgehead atoms. The minimum atomic E-state index is -0.244. The minimum absolute atomic E-state index is 0.0132. The second-order valence-electron chi connectivity index (χ2n) is 10.9. The maximum Gasteiger partial charge on any atom is 0.330 e. The molecule has 0 aliphatic heterocycles. The molecule has 0 spiro atoms. The molecule has 1 fully saturated rings. The van der Waals surface area contributed by atoms with Gasteiger partial charge in [0, 0.05) is 31.2 Å². The summed E-state index contributed by atoms with van der Waals surface area (Å²) in [5, 5.41) is 3.14. The number of imidazole rings is 1. The molecule has 0 aromatic carbocycles. The number of carbonyl (C=O) groups excluding carboxylic acids is 1. The first-order chi connectivity index (χ1) is 15.0. The van der Waals surface area contributed by atoms with Crippen molar-refractivity contribution in [1.82, 2.24) is 24.4 Å². The highest BCUT2D eigenvalue weighted by Crippen LogP contribution is 2.42. The van der Waals surface area contributed by atoms with E-state index in [2.05, 4.69) is 44.9 Å². The Morgan fingerprint density at radius 3 is 2.72 bits per heavy atom. The van der Waals surface area contributed by atoms with E-state index in [-0.39, 0.29) is 40.1 Å². The highest BCUT2D eigenvalue weighted by molar-refractivity contribution is 5.91. The van der Waals surface area contributed by atoms with Crippen LogP contribution in [0, 0.1) is 10.8 Å². The molecule has 1 aliphatic rings. The molecular weight excluding hydrogens is 406 g/mol. The summed E-state index contributed by atoms with van der Waals surface area (Å²) in [5.41, 5.74) is 2.45. The summed E-state index contributed by atoms with van der Waals surface area (Å²) < 4.78 is 8.61. The van der Waals surface area contributed by atoms with Gasteiger partial charge < -0.3 is 9.73 Å². The molecule has 1 saturated carbocycles. The highest BCUT2D eigenvalue weighted by Gasteiger charge is 2.39. The topological polar surface area (TPSA) is 95.0 Å². The number of nitrogens with zero attached hydrogens (tertiary/aromatic N) is 4. The molecule has 2 unspecified atom stereocenters. The van der Waals surface area contributed by atoms with Crippen molar-refractivity contribution in [3.05, 3.63) is 46.7 Å². The fourth-order valence-electron chi connectivity index (χ4n) is 4.66. The van der Waals surface area contributed by atoms with E-state index in [0.717, 1.165) is 30.5 Å². The normalized spacial score (nSPS) is 21.1. The average Bonchev–Trinajstić information content (AvgIpc) is 3.33. The SMILES string of the molecule is Cn1c(=O)n(CC(C)(C)C)c2ccc(C3CCC(C)(C)C(NC(=O)c4cnco4)C3)nc21. The van der Waals surface area contributed by atoms with E-state index in [4.69, 9.17) is 9.40 Å². The van der Waals surface area contributed by atoms with E-state index in [9.17, 15) is 9.59 Å². The molecule has 0 radical (unpaired) electrons. The molecule has 32 heavy (non-hydrogen) atoms. The number of hydrogen-bond donors (Lipinski definition) is 1. The van der Waals surface area contributed by atoms with E-state index < -0.39 is 0 Å². The Labute approximate surface area is 188 Å². The third kappa shape index (κ3) is 4.23. The number of nitrogens with one attached hydrogen (secondary N) is 1. The van der Waals surface area contributed by atoms with Gasteiger partial charge in [0.15, 0.2) is 12.0 Å². The Bertz CT molecular complexity index is 1180. The summed E-state index contributed by atoms with van der Waals surface area (Å²) in [6.45, 7) is 11.4. The van der Waals surface area contributed by atoms with Crippen molar-refractivity contribution >= 4 is 17.1 Å². The van der Waals surface area contributed by atoms with Crippen LogP contribution in [-0.4, -0.2) is 31.1 Å². The molecule has 172 valence electrons. The molecule has 8 nitrogen and oxygen atoms in total. The van der Waals surface area contributed by atoms with Crippen molar-refractivity contribution < 1.29 is 9.21 Å². The number of amides is 1. The number of rotatable bonds is 4. The standard InChI is InChI=1S/C24H33N5O3/c1-23(2,3)13-29-17-8-7-16(26-20(17)28(6)22(29)31)15-9-10-24(4,5)19(11-15)27-21(30)18-12-25-14-32-18/h7-8,12,14-15,19H,9-11,13H2,1-6H3,(H,27,30). The largest absolute Gasteiger partial charge is 0.438 e. The van der Waals surface area contributed by atoms with Gasteiger partial charge in [-0.05, 0) is 42.2 Å². The second kappa shape index (κ2) is 7.90. The number of pyridine rings is 1.